The van der Waals surface area contributed by atoms with Crippen molar-refractivity contribution in [2.75, 3.05) is 13.2 Å². The topological polar surface area (TPSA) is 27.7 Å². The van der Waals surface area contributed by atoms with E-state index in [0.29, 0.717) is 13.2 Å². The Balaban J connectivity index is 4.30. The van der Waals surface area contributed by atoms with Gasteiger partial charge in [-0.2, -0.15) is 0 Å². The zero-order chi connectivity index (χ0) is 11.7. The van der Waals surface area contributed by atoms with Gasteiger partial charge in [0.2, 0.25) is 0 Å². The third-order valence-corrected chi connectivity index (χ3v) is 10.7. The lowest BCUT2D eigenvalue weighted by Gasteiger charge is -2.31. The molecule has 0 atom stereocenters. The summed E-state index contributed by atoms with van der Waals surface area (Å²) in [5.41, 5.74) is 0. The second kappa shape index (κ2) is 8.74. The maximum atomic E-state index is 6.20. The summed E-state index contributed by atoms with van der Waals surface area (Å²) in [5.74, 6) is 0. The van der Waals surface area contributed by atoms with E-state index < -0.39 is 23.5 Å². The smallest absolute Gasteiger partial charge is 0.498 e. The molecule has 0 aliphatic carbocycles. The summed E-state index contributed by atoms with van der Waals surface area (Å²) in [6, 6.07) is 3.47. The Hall–Kier alpha value is 0.629. The van der Waals surface area contributed by atoms with Crippen molar-refractivity contribution in [3.63, 3.8) is 0 Å². The van der Waals surface area contributed by atoms with E-state index in [1.165, 1.54) is 0 Å². The van der Waals surface area contributed by atoms with Crippen molar-refractivity contribution in [2.24, 2.45) is 0 Å². The van der Waals surface area contributed by atoms with Gasteiger partial charge in [-0.15, -0.1) is 0 Å². The van der Waals surface area contributed by atoms with Crippen LogP contribution in [0.2, 0.25) is 18.1 Å². The van der Waals surface area contributed by atoms with Crippen molar-refractivity contribution >= 4 is 23.5 Å². The van der Waals surface area contributed by atoms with Crippen LogP contribution in [0.3, 0.4) is 0 Å². The summed E-state index contributed by atoms with van der Waals surface area (Å²) in [5, 5.41) is 0. The summed E-state index contributed by atoms with van der Waals surface area (Å²) in [7, 11) is -1.54. The molecule has 0 spiro atoms. The molecule has 0 aromatic heterocycles. The molecule has 0 amide bonds. The van der Waals surface area contributed by atoms with Crippen molar-refractivity contribution in [1.29, 1.82) is 0 Å². The zero-order valence-corrected chi connectivity index (χ0v) is 13.0. The second-order valence-electron chi connectivity index (χ2n) is 3.56. The van der Waals surface area contributed by atoms with Crippen LogP contribution in [0, 0.1) is 0 Å². The molecule has 0 saturated heterocycles. The average molecular weight is 248 g/mol. The summed E-state index contributed by atoms with van der Waals surface area (Å²) >= 11 is -1.85. The SMILES string of the molecule is CC[O][Al]([O]CC)[O][Si](CC)(CC)CC. The predicted octanol–water partition coefficient (Wildman–Crippen LogP) is 3.07. The van der Waals surface area contributed by atoms with Crippen LogP contribution >= 0.6 is 0 Å². The fourth-order valence-electron chi connectivity index (χ4n) is 1.59. The molecule has 0 heterocycles. The van der Waals surface area contributed by atoms with Gasteiger partial charge in [0.1, 0.15) is 0 Å². The van der Waals surface area contributed by atoms with E-state index in [2.05, 4.69) is 20.8 Å². The van der Waals surface area contributed by atoms with Crippen LogP contribution in [0.15, 0.2) is 0 Å². The highest BCUT2D eigenvalue weighted by Gasteiger charge is 2.40. The van der Waals surface area contributed by atoms with Crippen molar-refractivity contribution in [2.45, 2.75) is 52.8 Å². The van der Waals surface area contributed by atoms with Gasteiger partial charge >= 0.3 is 15.1 Å². The standard InChI is InChI=1S/C6H15OSi.2C2H5O.Al/c1-4-8(7,5-2)6-3;2*1-2-3;/h4-6H2,1-3H3;2*2H2,1H3;/q3*-1;+3. The fraction of sp³-hybridized carbons (Fsp3) is 1.00. The molecule has 5 heteroatoms. The minimum atomic E-state index is -1.85. The lowest BCUT2D eigenvalue weighted by Crippen LogP contribution is -2.44. The minimum Gasteiger partial charge on any atom is -0.498 e. The Morgan fingerprint density at radius 1 is 0.800 bits per heavy atom. The maximum absolute atomic E-state index is 6.20. The monoisotopic (exact) mass is 248 g/mol. The van der Waals surface area contributed by atoms with Crippen molar-refractivity contribution < 1.29 is 11.1 Å². The van der Waals surface area contributed by atoms with Gasteiger partial charge in [0.15, 0.2) is 8.32 Å². The van der Waals surface area contributed by atoms with Crippen LogP contribution in [-0.4, -0.2) is 36.7 Å². The molecule has 0 aromatic rings. The van der Waals surface area contributed by atoms with Gasteiger partial charge in [-0.25, -0.2) is 0 Å². The summed E-state index contributed by atoms with van der Waals surface area (Å²) in [6.07, 6.45) is 0. The molecular formula is C10H25AlO3Si. The highest BCUT2D eigenvalue weighted by Crippen LogP contribution is 2.22. The van der Waals surface area contributed by atoms with Gasteiger partial charge in [0, 0.05) is 13.2 Å². The second-order valence-corrected chi connectivity index (χ2v) is 10.2. The van der Waals surface area contributed by atoms with E-state index in [4.69, 9.17) is 11.1 Å². The number of rotatable bonds is 9. The molecule has 0 bridgehead atoms. The molecular weight excluding hydrogens is 223 g/mol. The van der Waals surface area contributed by atoms with Crippen LogP contribution in [0.4, 0.5) is 0 Å². The largest absolute Gasteiger partial charge is 0.894 e. The van der Waals surface area contributed by atoms with Gasteiger partial charge < -0.3 is 11.1 Å². The molecule has 15 heavy (non-hydrogen) atoms. The molecule has 0 unspecified atom stereocenters. The highest BCUT2D eigenvalue weighted by atomic mass is 28.4. The Bertz CT molecular complexity index is 139. The van der Waals surface area contributed by atoms with Crippen molar-refractivity contribution in [3.05, 3.63) is 0 Å². The van der Waals surface area contributed by atoms with E-state index in [9.17, 15) is 0 Å². The quantitative estimate of drug-likeness (QED) is 0.587. The molecule has 0 rings (SSSR count). The third kappa shape index (κ3) is 5.48. The fourth-order valence-corrected chi connectivity index (χ4v) is 7.91. The Kier molecular flexibility index (Phi) is 9.11. The Morgan fingerprint density at radius 3 is 1.47 bits per heavy atom. The third-order valence-electron chi connectivity index (χ3n) is 2.88. The Labute approximate surface area is 101 Å². The van der Waals surface area contributed by atoms with Crippen LogP contribution in [0.5, 0.6) is 0 Å². The minimum absolute atomic E-state index is 0.693. The van der Waals surface area contributed by atoms with Gasteiger partial charge in [-0.1, -0.05) is 20.8 Å². The zero-order valence-electron chi connectivity index (χ0n) is 10.8. The van der Waals surface area contributed by atoms with E-state index >= 15 is 0 Å². The molecule has 0 radical (unpaired) electrons. The normalized spacial score (nSPS) is 11.8. The predicted molar refractivity (Wildman–Crippen MR) is 67.3 cm³/mol. The molecule has 0 aromatic carbocycles. The van der Waals surface area contributed by atoms with Crippen molar-refractivity contribution in [3.8, 4) is 0 Å². The Morgan fingerprint density at radius 2 is 1.20 bits per heavy atom. The van der Waals surface area contributed by atoms with Crippen LogP contribution in [0.25, 0.3) is 0 Å². The number of hydrogen-bond donors (Lipinski definition) is 0. The van der Waals surface area contributed by atoms with Gasteiger partial charge in [-0.3, -0.25) is 0 Å². The highest BCUT2D eigenvalue weighted by molar-refractivity contribution is 6.78. The first kappa shape index (κ1) is 15.6. The maximum Gasteiger partial charge on any atom is 0.894 e. The summed E-state index contributed by atoms with van der Waals surface area (Å²) in [6.45, 7) is 12.1. The first-order chi connectivity index (χ1) is 7.17. The molecule has 3 nitrogen and oxygen atoms in total. The molecule has 0 aliphatic rings. The van der Waals surface area contributed by atoms with E-state index in [1.54, 1.807) is 0 Å². The van der Waals surface area contributed by atoms with Crippen LogP contribution in [-0.2, 0) is 11.1 Å². The lowest BCUT2D eigenvalue weighted by atomic mass is 10.9. The molecule has 0 N–H and O–H groups in total. The number of hydrogen-bond acceptors (Lipinski definition) is 3. The van der Waals surface area contributed by atoms with Gasteiger partial charge in [0.05, 0.1) is 0 Å². The van der Waals surface area contributed by atoms with Crippen LogP contribution in [0.1, 0.15) is 34.6 Å². The van der Waals surface area contributed by atoms with E-state index in [1.807, 2.05) is 13.8 Å². The lowest BCUT2D eigenvalue weighted by molar-refractivity contribution is 0.149. The molecule has 0 saturated carbocycles. The van der Waals surface area contributed by atoms with Gasteiger partial charge in [-0.05, 0) is 32.0 Å². The van der Waals surface area contributed by atoms with E-state index in [-0.39, 0.29) is 0 Å². The van der Waals surface area contributed by atoms with Gasteiger partial charge in [0.25, 0.3) is 0 Å². The molecule has 0 aliphatic heterocycles. The van der Waals surface area contributed by atoms with E-state index in [0.717, 1.165) is 18.1 Å². The molecule has 90 valence electrons. The average Bonchev–Trinajstić information content (AvgIpc) is 2.27. The first-order valence-electron chi connectivity index (χ1n) is 6.08. The van der Waals surface area contributed by atoms with Crippen molar-refractivity contribution in [1.82, 2.24) is 0 Å². The summed E-state index contributed by atoms with van der Waals surface area (Å²) in [4.78, 5) is 0. The first-order valence-corrected chi connectivity index (χ1v) is 10.0. The summed E-state index contributed by atoms with van der Waals surface area (Å²) < 4.78 is 17.3. The van der Waals surface area contributed by atoms with Crippen LogP contribution < -0.4 is 0 Å². The molecule has 0 fully saturated rings.